The molecule has 0 radical (unpaired) electrons. The highest BCUT2D eigenvalue weighted by atomic mass is 16.2. The van der Waals surface area contributed by atoms with Gasteiger partial charge in [-0.3, -0.25) is 4.79 Å². The molecule has 1 aliphatic heterocycles. The van der Waals surface area contributed by atoms with Gasteiger partial charge in [0.2, 0.25) is 5.91 Å². The number of likely N-dealkylation sites (N-methyl/N-ethyl adjacent to an activating group) is 1. The van der Waals surface area contributed by atoms with E-state index in [2.05, 4.69) is 12.2 Å². The molecule has 1 heterocycles. The first-order valence-electron chi connectivity index (χ1n) is 7.80. The fourth-order valence-corrected chi connectivity index (χ4v) is 2.62. The fourth-order valence-electron chi connectivity index (χ4n) is 2.62. The Balaban J connectivity index is 1.90. The summed E-state index contributed by atoms with van der Waals surface area (Å²) in [6.45, 7) is 3.82. The fraction of sp³-hybridized carbons (Fsp3) is 0.529. The summed E-state index contributed by atoms with van der Waals surface area (Å²) in [5, 5.41) is 2.93. The number of hydrogen-bond acceptors (Lipinski definition) is 2. The average Bonchev–Trinajstić information content (AvgIpc) is 2.49. The molecule has 1 aromatic carbocycles. The van der Waals surface area contributed by atoms with Gasteiger partial charge in [0.25, 0.3) is 0 Å². The lowest BCUT2D eigenvalue weighted by Crippen LogP contribution is -2.41. The van der Waals surface area contributed by atoms with Gasteiger partial charge in [-0.1, -0.05) is 19.1 Å². The van der Waals surface area contributed by atoms with Gasteiger partial charge in [-0.05, 0) is 36.5 Å². The van der Waals surface area contributed by atoms with Crippen LogP contribution in [0.25, 0.3) is 0 Å². The molecule has 2 rings (SSSR count). The molecule has 1 fully saturated rings. The minimum atomic E-state index is -0.0383. The van der Waals surface area contributed by atoms with Crippen LogP contribution >= 0.6 is 0 Å². The molecular weight excluding hydrogens is 278 g/mol. The van der Waals surface area contributed by atoms with Gasteiger partial charge in [-0.2, -0.15) is 0 Å². The van der Waals surface area contributed by atoms with Crippen LogP contribution in [0.3, 0.4) is 0 Å². The summed E-state index contributed by atoms with van der Waals surface area (Å²) < 4.78 is 0. The minimum absolute atomic E-state index is 0.0383. The Morgan fingerprint density at radius 2 is 1.95 bits per heavy atom. The number of amides is 3. The summed E-state index contributed by atoms with van der Waals surface area (Å²) in [6.07, 6.45) is 2.64. The van der Waals surface area contributed by atoms with Crippen LogP contribution in [0.5, 0.6) is 0 Å². The summed E-state index contributed by atoms with van der Waals surface area (Å²) in [5.41, 5.74) is 1.72. The molecule has 1 N–H and O–H groups in total. The number of urea groups is 1. The van der Waals surface area contributed by atoms with Gasteiger partial charge in [0.1, 0.15) is 0 Å². The molecule has 0 aliphatic carbocycles. The second-order valence-electron chi connectivity index (χ2n) is 6.29. The molecule has 1 saturated heterocycles. The van der Waals surface area contributed by atoms with Crippen molar-refractivity contribution in [1.29, 1.82) is 0 Å². The van der Waals surface area contributed by atoms with Crippen LogP contribution < -0.4 is 5.32 Å². The second-order valence-corrected chi connectivity index (χ2v) is 6.29. The van der Waals surface area contributed by atoms with Crippen molar-refractivity contribution in [3.8, 4) is 0 Å². The molecule has 1 atom stereocenters. The van der Waals surface area contributed by atoms with Crippen molar-refractivity contribution >= 4 is 17.6 Å². The van der Waals surface area contributed by atoms with E-state index in [0.29, 0.717) is 12.3 Å². The molecule has 120 valence electrons. The van der Waals surface area contributed by atoms with Crippen molar-refractivity contribution in [2.24, 2.45) is 5.92 Å². The molecule has 3 amide bonds. The van der Waals surface area contributed by atoms with Crippen LogP contribution in [-0.2, 0) is 11.2 Å². The Bertz CT molecular complexity index is 525. The van der Waals surface area contributed by atoms with Gasteiger partial charge in [0.15, 0.2) is 0 Å². The quantitative estimate of drug-likeness (QED) is 0.933. The number of carbonyl (C=O) groups excluding carboxylic acids is 2. The maximum atomic E-state index is 12.2. The molecule has 5 heteroatoms. The van der Waals surface area contributed by atoms with Gasteiger partial charge in [-0.25, -0.2) is 4.79 Å². The molecule has 0 spiro atoms. The Morgan fingerprint density at radius 3 is 2.55 bits per heavy atom. The van der Waals surface area contributed by atoms with Crippen LogP contribution in [0.15, 0.2) is 24.3 Å². The molecule has 1 aliphatic rings. The Kier molecular flexibility index (Phi) is 5.41. The first kappa shape index (κ1) is 16.3. The normalized spacial score (nSPS) is 18.0. The molecule has 0 bridgehead atoms. The highest BCUT2D eigenvalue weighted by molar-refractivity contribution is 5.89. The highest BCUT2D eigenvalue weighted by Gasteiger charge is 2.20. The maximum Gasteiger partial charge on any atom is 0.321 e. The Hall–Kier alpha value is -2.04. The summed E-state index contributed by atoms with van der Waals surface area (Å²) in [7, 11) is 3.49. The third-order valence-electron chi connectivity index (χ3n) is 4.00. The maximum absolute atomic E-state index is 12.2. The standard InChI is InChI=1S/C17H25N3O2/c1-13-5-4-10-20(12-13)17(22)18-15-8-6-14(7-9-15)11-16(21)19(2)3/h6-9,13H,4-5,10-12H2,1-3H3,(H,18,22)/t13-/m1/s1. The third-order valence-corrected chi connectivity index (χ3v) is 4.00. The zero-order chi connectivity index (χ0) is 16.1. The topological polar surface area (TPSA) is 52.7 Å². The van der Waals surface area contributed by atoms with Crippen LogP contribution in [0.2, 0.25) is 0 Å². The molecule has 1 aromatic rings. The van der Waals surface area contributed by atoms with Crippen molar-refractivity contribution in [3.05, 3.63) is 29.8 Å². The number of rotatable bonds is 3. The van der Waals surface area contributed by atoms with Gasteiger partial charge < -0.3 is 15.1 Å². The molecule has 22 heavy (non-hydrogen) atoms. The minimum Gasteiger partial charge on any atom is -0.349 e. The van der Waals surface area contributed by atoms with Crippen LogP contribution in [-0.4, -0.2) is 48.9 Å². The van der Waals surface area contributed by atoms with Gasteiger partial charge in [-0.15, -0.1) is 0 Å². The van der Waals surface area contributed by atoms with Crippen molar-refractivity contribution in [2.45, 2.75) is 26.2 Å². The molecular formula is C17H25N3O2. The van der Waals surface area contributed by atoms with Gasteiger partial charge >= 0.3 is 6.03 Å². The van der Waals surface area contributed by atoms with E-state index in [0.717, 1.165) is 30.8 Å². The summed E-state index contributed by atoms with van der Waals surface area (Å²) in [6, 6.07) is 7.43. The first-order chi connectivity index (χ1) is 10.5. The number of hydrogen-bond donors (Lipinski definition) is 1. The largest absolute Gasteiger partial charge is 0.349 e. The SMILES string of the molecule is C[C@@H]1CCCN(C(=O)Nc2ccc(CC(=O)N(C)C)cc2)C1. The lowest BCUT2D eigenvalue weighted by atomic mass is 10.0. The van der Waals surface area contributed by atoms with E-state index in [1.165, 1.54) is 6.42 Å². The van der Waals surface area contributed by atoms with E-state index < -0.39 is 0 Å². The zero-order valence-electron chi connectivity index (χ0n) is 13.6. The van der Waals surface area contributed by atoms with Crippen molar-refractivity contribution in [1.82, 2.24) is 9.80 Å². The number of nitrogens with zero attached hydrogens (tertiary/aromatic N) is 2. The summed E-state index contributed by atoms with van der Waals surface area (Å²) >= 11 is 0. The zero-order valence-corrected chi connectivity index (χ0v) is 13.6. The number of carbonyl (C=O) groups is 2. The molecule has 0 unspecified atom stereocenters. The number of nitrogens with one attached hydrogen (secondary N) is 1. The van der Waals surface area contributed by atoms with Crippen molar-refractivity contribution in [2.75, 3.05) is 32.5 Å². The van der Waals surface area contributed by atoms with E-state index in [-0.39, 0.29) is 11.9 Å². The Morgan fingerprint density at radius 1 is 1.27 bits per heavy atom. The van der Waals surface area contributed by atoms with Gasteiger partial charge in [0.05, 0.1) is 6.42 Å². The second kappa shape index (κ2) is 7.29. The van der Waals surface area contributed by atoms with E-state index in [1.54, 1.807) is 19.0 Å². The molecule has 5 nitrogen and oxygen atoms in total. The monoisotopic (exact) mass is 303 g/mol. The first-order valence-corrected chi connectivity index (χ1v) is 7.80. The number of benzene rings is 1. The van der Waals surface area contributed by atoms with Crippen LogP contribution in [0.4, 0.5) is 10.5 Å². The highest BCUT2D eigenvalue weighted by Crippen LogP contribution is 2.17. The summed E-state index contributed by atoms with van der Waals surface area (Å²) in [4.78, 5) is 27.3. The third kappa shape index (κ3) is 4.48. The number of anilines is 1. The van der Waals surface area contributed by atoms with E-state index in [9.17, 15) is 9.59 Å². The lowest BCUT2D eigenvalue weighted by Gasteiger charge is -2.30. The molecule has 0 saturated carbocycles. The molecule has 0 aromatic heterocycles. The van der Waals surface area contributed by atoms with Crippen LogP contribution in [0, 0.1) is 5.92 Å². The number of piperidine rings is 1. The predicted octanol–water partition coefficient (Wildman–Crippen LogP) is 2.58. The predicted molar refractivity (Wildman–Crippen MR) is 87.8 cm³/mol. The van der Waals surface area contributed by atoms with E-state index in [4.69, 9.17) is 0 Å². The smallest absolute Gasteiger partial charge is 0.321 e. The Labute approximate surface area is 132 Å². The van der Waals surface area contributed by atoms with Crippen molar-refractivity contribution in [3.63, 3.8) is 0 Å². The lowest BCUT2D eigenvalue weighted by molar-refractivity contribution is -0.127. The van der Waals surface area contributed by atoms with E-state index >= 15 is 0 Å². The van der Waals surface area contributed by atoms with Gasteiger partial charge in [0, 0.05) is 32.9 Å². The number of likely N-dealkylation sites (tertiary alicyclic amines) is 1. The van der Waals surface area contributed by atoms with Crippen molar-refractivity contribution < 1.29 is 9.59 Å². The summed E-state index contributed by atoms with van der Waals surface area (Å²) in [5.74, 6) is 0.637. The van der Waals surface area contributed by atoms with Crippen LogP contribution in [0.1, 0.15) is 25.3 Å². The average molecular weight is 303 g/mol. The van der Waals surface area contributed by atoms with E-state index in [1.807, 2.05) is 29.2 Å².